The summed E-state index contributed by atoms with van der Waals surface area (Å²) in [6, 6.07) is 8.89. The number of aromatic nitrogens is 1. The van der Waals surface area contributed by atoms with Crippen molar-refractivity contribution >= 4 is 40.8 Å². The first-order chi connectivity index (χ1) is 14.0. The van der Waals surface area contributed by atoms with Gasteiger partial charge in [0.15, 0.2) is 11.5 Å². The predicted octanol–water partition coefficient (Wildman–Crippen LogP) is 4.96. The molecule has 1 aromatic heterocycles. The summed E-state index contributed by atoms with van der Waals surface area (Å²) < 4.78 is 17.9. The summed E-state index contributed by atoms with van der Waals surface area (Å²) in [5.41, 5.74) is 2.32. The Kier molecular flexibility index (Phi) is 6.84. The van der Waals surface area contributed by atoms with E-state index in [2.05, 4.69) is 10.1 Å². The van der Waals surface area contributed by atoms with Gasteiger partial charge in [-0.3, -0.25) is 4.99 Å². The van der Waals surface area contributed by atoms with Crippen molar-refractivity contribution in [3.8, 4) is 28.5 Å². The standard InChI is InChI=1S/C20H19Cl2N3O3S/c1-23-20-25(16(11-29-20)14-6-5-13(21)8-15(14)22)24-10-12-7-18(27-3)19(28-4)9-17(12)26-2/h5-11H,1-4H3/b23-20?,24-10+. The lowest BCUT2D eigenvalue weighted by molar-refractivity contribution is 0.349. The van der Waals surface area contributed by atoms with Crippen molar-refractivity contribution in [1.82, 2.24) is 4.68 Å². The van der Waals surface area contributed by atoms with Gasteiger partial charge in [-0.15, -0.1) is 11.3 Å². The lowest BCUT2D eigenvalue weighted by atomic mass is 10.2. The fourth-order valence-electron chi connectivity index (χ4n) is 2.72. The molecule has 29 heavy (non-hydrogen) atoms. The maximum atomic E-state index is 6.40. The van der Waals surface area contributed by atoms with E-state index in [9.17, 15) is 0 Å². The second-order valence-corrected chi connectivity index (χ2v) is 7.44. The Morgan fingerprint density at radius 1 is 0.966 bits per heavy atom. The van der Waals surface area contributed by atoms with E-state index in [1.54, 1.807) is 63.5 Å². The first kappa shape index (κ1) is 21.2. The van der Waals surface area contributed by atoms with Gasteiger partial charge < -0.3 is 14.2 Å². The largest absolute Gasteiger partial charge is 0.496 e. The zero-order chi connectivity index (χ0) is 21.0. The van der Waals surface area contributed by atoms with Gasteiger partial charge in [-0.25, -0.2) is 4.68 Å². The summed E-state index contributed by atoms with van der Waals surface area (Å²) in [5.74, 6) is 1.75. The molecular formula is C20H19Cl2N3O3S. The quantitative estimate of drug-likeness (QED) is 0.497. The Morgan fingerprint density at radius 3 is 2.28 bits per heavy atom. The lowest BCUT2D eigenvalue weighted by Crippen LogP contribution is -2.11. The molecule has 0 spiro atoms. The van der Waals surface area contributed by atoms with Gasteiger partial charge in [0.05, 0.1) is 38.3 Å². The average molecular weight is 452 g/mol. The number of hydrogen-bond acceptors (Lipinski definition) is 6. The van der Waals surface area contributed by atoms with Crippen LogP contribution in [0.5, 0.6) is 17.2 Å². The van der Waals surface area contributed by atoms with Crippen LogP contribution in [0.2, 0.25) is 10.0 Å². The van der Waals surface area contributed by atoms with Crippen molar-refractivity contribution < 1.29 is 14.2 Å². The number of hydrogen-bond donors (Lipinski definition) is 0. The van der Waals surface area contributed by atoms with E-state index in [0.717, 1.165) is 16.8 Å². The van der Waals surface area contributed by atoms with Crippen LogP contribution >= 0.6 is 34.5 Å². The molecule has 0 aliphatic rings. The van der Waals surface area contributed by atoms with E-state index >= 15 is 0 Å². The van der Waals surface area contributed by atoms with E-state index in [0.29, 0.717) is 32.1 Å². The number of ether oxygens (including phenoxy) is 3. The van der Waals surface area contributed by atoms with Crippen LogP contribution in [-0.2, 0) is 0 Å². The molecule has 0 aliphatic heterocycles. The van der Waals surface area contributed by atoms with Gasteiger partial charge in [0.1, 0.15) is 5.75 Å². The summed E-state index contributed by atoms with van der Waals surface area (Å²) in [5, 5.41) is 7.67. The zero-order valence-electron chi connectivity index (χ0n) is 16.3. The summed E-state index contributed by atoms with van der Waals surface area (Å²) in [6.07, 6.45) is 1.68. The highest BCUT2D eigenvalue weighted by Gasteiger charge is 2.13. The van der Waals surface area contributed by atoms with Crippen LogP contribution in [0.1, 0.15) is 5.56 Å². The Labute approximate surface area is 182 Å². The number of rotatable bonds is 6. The number of benzene rings is 2. The number of methoxy groups -OCH3 is 3. The molecule has 2 aromatic carbocycles. The highest BCUT2D eigenvalue weighted by molar-refractivity contribution is 7.07. The Bertz CT molecular complexity index is 1120. The maximum Gasteiger partial charge on any atom is 0.205 e. The van der Waals surface area contributed by atoms with Crippen LogP contribution in [-0.4, -0.2) is 39.3 Å². The van der Waals surface area contributed by atoms with Crippen molar-refractivity contribution in [2.75, 3.05) is 28.4 Å². The molecule has 0 fully saturated rings. The molecule has 0 saturated heterocycles. The second-order valence-electron chi connectivity index (χ2n) is 5.76. The molecule has 0 N–H and O–H groups in total. The van der Waals surface area contributed by atoms with Crippen molar-refractivity contribution in [1.29, 1.82) is 0 Å². The van der Waals surface area contributed by atoms with E-state index in [1.807, 2.05) is 11.4 Å². The molecule has 0 atom stereocenters. The van der Waals surface area contributed by atoms with Crippen LogP contribution in [0, 0.1) is 0 Å². The molecule has 3 rings (SSSR count). The number of thiazole rings is 1. The highest BCUT2D eigenvalue weighted by atomic mass is 35.5. The molecule has 0 amide bonds. The highest BCUT2D eigenvalue weighted by Crippen LogP contribution is 2.34. The lowest BCUT2D eigenvalue weighted by Gasteiger charge is -2.12. The smallest absolute Gasteiger partial charge is 0.205 e. The van der Waals surface area contributed by atoms with Crippen LogP contribution in [0.15, 0.2) is 45.8 Å². The van der Waals surface area contributed by atoms with Gasteiger partial charge in [-0.1, -0.05) is 23.2 Å². The topological polar surface area (TPSA) is 57.3 Å². The number of nitrogens with zero attached hydrogens (tertiary/aromatic N) is 3. The minimum absolute atomic E-state index is 0.533. The Hall–Kier alpha value is -2.48. The van der Waals surface area contributed by atoms with Crippen LogP contribution in [0.4, 0.5) is 0 Å². The molecule has 0 aliphatic carbocycles. The van der Waals surface area contributed by atoms with Crippen molar-refractivity contribution in [3.63, 3.8) is 0 Å². The van der Waals surface area contributed by atoms with E-state index < -0.39 is 0 Å². The molecular weight excluding hydrogens is 433 g/mol. The summed E-state index contributed by atoms with van der Waals surface area (Å²) in [4.78, 5) is 5.01. The molecule has 0 bridgehead atoms. The van der Waals surface area contributed by atoms with Gasteiger partial charge in [0.25, 0.3) is 0 Å². The van der Waals surface area contributed by atoms with E-state index in [1.165, 1.54) is 11.3 Å². The average Bonchev–Trinajstić information content (AvgIpc) is 3.14. The van der Waals surface area contributed by atoms with Crippen molar-refractivity contribution in [2.45, 2.75) is 0 Å². The first-order valence-electron chi connectivity index (χ1n) is 8.45. The molecule has 9 heteroatoms. The van der Waals surface area contributed by atoms with E-state index in [4.69, 9.17) is 37.4 Å². The first-order valence-corrected chi connectivity index (χ1v) is 10.1. The monoisotopic (exact) mass is 451 g/mol. The third-order valence-corrected chi connectivity index (χ3v) is 5.59. The van der Waals surface area contributed by atoms with Gasteiger partial charge in [0, 0.05) is 34.6 Å². The fourth-order valence-corrected chi connectivity index (χ4v) is 4.02. The van der Waals surface area contributed by atoms with Crippen molar-refractivity contribution in [2.24, 2.45) is 10.1 Å². The van der Waals surface area contributed by atoms with Gasteiger partial charge in [-0.2, -0.15) is 5.10 Å². The fraction of sp³-hybridized carbons (Fsp3) is 0.200. The van der Waals surface area contributed by atoms with Gasteiger partial charge >= 0.3 is 0 Å². The maximum absolute atomic E-state index is 6.40. The molecule has 3 aromatic rings. The second kappa shape index (κ2) is 9.35. The molecule has 6 nitrogen and oxygen atoms in total. The third kappa shape index (κ3) is 4.42. The normalized spacial score (nSPS) is 11.9. The van der Waals surface area contributed by atoms with Gasteiger partial charge in [0.2, 0.25) is 4.80 Å². The van der Waals surface area contributed by atoms with Gasteiger partial charge in [-0.05, 0) is 24.3 Å². The molecule has 0 radical (unpaired) electrons. The zero-order valence-corrected chi connectivity index (χ0v) is 18.6. The van der Waals surface area contributed by atoms with Crippen LogP contribution < -0.4 is 19.0 Å². The predicted molar refractivity (Wildman–Crippen MR) is 118 cm³/mol. The Balaban J connectivity index is 2.12. The SMILES string of the molecule is CN=c1scc(-c2ccc(Cl)cc2Cl)n1/N=C/c1cc(OC)c(OC)cc1OC. The minimum atomic E-state index is 0.533. The molecule has 0 unspecified atom stereocenters. The van der Waals surface area contributed by atoms with E-state index in [-0.39, 0.29) is 0 Å². The third-order valence-electron chi connectivity index (χ3n) is 4.13. The summed E-state index contributed by atoms with van der Waals surface area (Å²) in [7, 11) is 6.45. The molecule has 0 saturated carbocycles. The Morgan fingerprint density at radius 2 is 1.66 bits per heavy atom. The summed E-state index contributed by atoms with van der Waals surface area (Å²) >= 11 is 13.9. The van der Waals surface area contributed by atoms with Crippen LogP contribution in [0.3, 0.4) is 0 Å². The number of halogens is 2. The minimum Gasteiger partial charge on any atom is -0.496 e. The summed E-state index contributed by atoms with van der Waals surface area (Å²) in [6.45, 7) is 0. The molecule has 1 heterocycles. The molecule has 152 valence electrons. The van der Waals surface area contributed by atoms with Crippen molar-refractivity contribution in [3.05, 3.63) is 56.1 Å². The van der Waals surface area contributed by atoms with Crippen LogP contribution in [0.25, 0.3) is 11.3 Å².